The number of likely N-dealkylation sites (tertiary alicyclic amines) is 1. The first kappa shape index (κ1) is 19.5. The average Bonchev–Trinajstić information content (AvgIpc) is 3.28. The van der Waals surface area contributed by atoms with Crippen molar-refractivity contribution in [1.82, 2.24) is 15.1 Å². The molecule has 2 heterocycles. The van der Waals surface area contributed by atoms with Crippen molar-refractivity contribution < 1.29 is 19.1 Å². The minimum Gasteiger partial charge on any atom is -0.454 e. The van der Waals surface area contributed by atoms with Gasteiger partial charge in [0.15, 0.2) is 11.5 Å². The standard InChI is InChI=1S/C20H29N3O4/c1-3-22(4-2)11-5-10-21-20(25)16-7-9-19(24)23(16)13-15-6-8-17-18(12-15)27-14-26-17/h6,8,12,16H,3-5,7,9-11,13-14H2,1-2H3,(H,21,25). The van der Waals surface area contributed by atoms with E-state index in [1.54, 1.807) is 4.90 Å². The van der Waals surface area contributed by atoms with E-state index in [0.717, 1.165) is 31.6 Å². The van der Waals surface area contributed by atoms with Crippen LogP contribution in [0.4, 0.5) is 0 Å². The van der Waals surface area contributed by atoms with Gasteiger partial charge in [-0.3, -0.25) is 9.59 Å². The molecular formula is C20H29N3O4. The second-order valence-corrected chi connectivity index (χ2v) is 6.94. The highest BCUT2D eigenvalue weighted by Crippen LogP contribution is 2.33. The molecule has 1 aromatic rings. The normalized spacial score (nSPS) is 18.4. The zero-order valence-electron chi connectivity index (χ0n) is 16.2. The minimum absolute atomic E-state index is 0.0240. The Balaban J connectivity index is 1.53. The van der Waals surface area contributed by atoms with E-state index in [9.17, 15) is 9.59 Å². The summed E-state index contributed by atoms with van der Waals surface area (Å²) in [6, 6.07) is 5.25. The molecule has 7 heteroatoms. The number of benzene rings is 1. The zero-order valence-corrected chi connectivity index (χ0v) is 16.2. The van der Waals surface area contributed by atoms with Gasteiger partial charge in [-0.25, -0.2) is 0 Å². The summed E-state index contributed by atoms with van der Waals surface area (Å²) in [6.07, 6.45) is 1.91. The summed E-state index contributed by atoms with van der Waals surface area (Å²) in [6.45, 7) is 8.55. The molecule has 0 bridgehead atoms. The zero-order chi connectivity index (χ0) is 19.2. The maximum Gasteiger partial charge on any atom is 0.242 e. The van der Waals surface area contributed by atoms with E-state index < -0.39 is 6.04 Å². The molecule has 2 aliphatic heterocycles. The Morgan fingerprint density at radius 3 is 2.81 bits per heavy atom. The minimum atomic E-state index is -0.392. The third-order valence-corrected chi connectivity index (χ3v) is 5.27. The van der Waals surface area contributed by atoms with Crippen LogP contribution in [0.2, 0.25) is 0 Å². The Morgan fingerprint density at radius 1 is 1.26 bits per heavy atom. The summed E-state index contributed by atoms with van der Waals surface area (Å²) in [4.78, 5) is 28.9. The lowest BCUT2D eigenvalue weighted by molar-refractivity contribution is -0.135. The highest BCUT2D eigenvalue weighted by molar-refractivity contribution is 5.90. The number of nitrogens with zero attached hydrogens (tertiary/aromatic N) is 2. The number of ether oxygens (including phenoxy) is 2. The molecule has 0 aliphatic carbocycles. The molecule has 3 rings (SSSR count). The molecule has 1 fully saturated rings. The lowest BCUT2D eigenvalue weighted by atomic mass is 10.1. The van der Waals surface area contributed by atoms with Gasteiger partial charge in [0, 0.05) is 19.5 Å². The predicted molar refractivity (Wildman–Crippen MR) is 102 cm³/mol. The molecule has 148 valence electrons. The van der Waals surface area contributed by atoms with Gasteiger partial charge in [-0.2, -0.15) is 0 Å². The summed E-state index contributed by atoms with van der Waals surface area (Å²) in [5.41, 5.74) is 0.939. The second-order valence-electron chi connectivity index (χ2n) is 6.94. The molecule has 0 radical (unpaired) electrons. The fraction of sp³-hybridized carbons (Fsp3) is 0.600. The highest BCUT2D eigenvalue weighted by Gasteiger charge is 2.35. The first-order chi connectivity index (χ1) is 13.1. The molecule has 0 saturated carbocycles. The van der Waals surface area contributed by atoms with Crippen LogP contribution in [0, 0.1) is 0 Å². The topological polar surface area (TPSA) is 71.1 Å². The molecule has 27 heavy (non-hydrogen) atoms. The Morgan fingerprint density at radius 2 is 2.04 bits per heavy atom. The van der Waals surface area contributed by atoms with Gasteiger partial charge in [0.05, 0.1) is 0 Å². The third-order valence-electron chi connectivity index (χ3n) is 5.27. The Labute approximate surface area is 160 Å². The Hall–Kier alpha value is -2.28. The SMILES string of the molecule is CCN(CC)CCCNC(=O)C1CCC(=O)N1Cc1ccc2c(c1)OCO2. The van der Waals surface area contributed by atoms with E-state index in [0.29, 0.717) is 37.4 Å². The van der Waals surface area contributed by atoms with Crippen molar-refractivity contribution >= 4 is 11.8 Å². The largest absolute Gasteiger partial charge is 0.454 e. The molecule has 2 amide bonds. The summed E-state index contributed by atoms with van der Waals surface area (Å²) < 4.78 is 10.7. The quantitative estimate of drug-likeness (QED) is 0.666. The average molecular weight is 375 g/mol. The Kier molecular flexibility index (Phi) is 6.55. The van der Waals surface area contributed by atoms with Crippen molar-refractivity contribution in [1.29, 1.82) is 0 Å². The van der Waals surface area contributed by atoms with E-state index in [1.165, 1.54) is 0 Å². The van der Waals surface area contributed by atoms with Crippen molar-refractivity contribution in [2.24, 2.45) is 0 Å². The molecule has 1 atom stereocenters. The third kappa shape index (κ3) is 4.71. The molecule has 1 unspecified atom stereocenters. The van der Waals surface area contributed by atoms with E-state index in [4.69, 9.17) is 9.47 Å². The van der Waals surface area contributed by atoms with Gasteiger partial charge in [0.2, 0.25) is 18.6 Å². The van der Waals surface area contributed by atoms with Crippen LogP contribution in [-0.4, -0.2) is 60.6 Å². The van der Waals surface area contributed by atoms with Gasteiger partial charge < -0.3 is 24.6 Å². The Bertz CT molecular complexity index is 675. The lowest BCUT2D eigenvalue weighted by Crippen LogP contribution is -2.44. The number of carbonyl (C=O) groups is 2. The maximum absolute atomic E-state index is 12.6. The molecule has 2 aliphatic rings. The number of nitrogens with one attached hydrogen (secondary N) is 1. The summed E-state index contributed by atoms with van der Waals surface area (Å²) in [5.74, 6) is 1.38. The van der Waals surface area contributed by atoms with Gasteiger partial charge in [0.1, 0.15) is 6.04 Å². The van der Waals surface area contributed by atoms with Crippen molar-refractivity contribution in [3.05, 3.63) is 23.8 Å². The van der Waals surface area contributed by atoms with Crippen LogP contribution in [0.25, 0.3) is 0 Å². The summed E-state index contributed by atoms with van der Waals surface area (Å²) in [7, 11) is 0. The van der Waals surface area contributed by atoms with Crippen LogP contribution in [0.1, 0.15) is 38.7 Å². The van der Waals surface area contributed by atoms with Gasteiger partial charge in [-0.15, -0.1) is 0 Å². The van der Waals surface area contributed by atoms with Crippen LogP contribution in [0.3, 0.4) is 0 Å². The summed E-state index contributed by atoms with van der Waals surface area (Å²) >= 11 is 0. The maximum atomic E-state index is 12.6. The molecule has 0 spiro atoms. The molecule has 1 saturated heterocycles. The fourth-order valence-electron chi connectivity index (χ4n) is 3.61. The van der Waals surface area contributed by atoms with Gasteiger partial charge >= 0.3 is 0 Å². The summed E-state index contributed by atoms with van der Waals surface area (Å²) in [5, 5.41) is 3.00. The number of amides is 2. The van der Waals surface area contributed by atoms with Crippen LogP contribution >= 0.6 is 0 Å². The molecule has 7 nitrogen and oxygen atoms in total. The predicted octanol–water partition coefficient (Wildman–Crippen LogP) is 1.75. The second kappa shape index (κ2) is 9.08. The fourth-order valence-corrected chi connectivity index (χ4v) is 3.61. The molecule has 1 N–H and O–H groups in total. The van der Waals surface area contributed by atoms with E-state index in [2.05, 4.69) is 24.1 Å². The van der Waals surface area contributed by atoms with Gasteiger partial charge in [-0.05, 0) is 50.2 Å². The van der Waals surface area contributed by atoms with Crippen LogP contribution < -0.4 is 14.8 Å². The molecule has 1 aromatic carbocycles. The van der Waals surface area contributed by atoms with E-state index in [1.807, 2.05) is 18.2 Å². The first-order valence-corrected chi connectivity index (χ1v) is 9.80. The van der Waals surface area contributed by atoms with Crippen molar-refractivity contribution in [3.63, 3.8) is 0 Å². The highest BCUT2D eigenvalue weighted by atomic mass is 16.7. The smallest absolute Gasteiger partial charge is 0.242 e. The van der Waals surface area contributed by atoms with Crippen molar-refractivity contribution in [2.75, 3.05) is 33.0 Å². The van der Waals surface area contributed by atoms with Gasteiger partial charge in [-0.1, -0.05) is 19.9 Å². The van der Waals surface area contributed by atoms with Crippen LogP contribution in [0.5, 0.6) is 11.5 Å². The monoisotopic (exact) mass is 375 g/mol. The van der Waals surface area contributed by atoms with Crippen molar-refractivity contribution in [3.8, 4) is 11.5 Å². The molecule has 0 aromatic heterocycles. The number of hydrogen-bond acceptors (Lipinski definition) is 5. The number of carbonyl (C=O) groups excluding carboxylic acids is 2. The van der Waals surface area contributed by atoms with E-state index >= 15 is 0 Å². The van der Waals surface area contributed by atoms with E-state index in [-0.39, 0.29) is 18.6 Å². The van der Waals surface area contributed by atoms with Crippen LogP contribution in [0.15, 0.2) is 18.2 Å². The number of fused-ring (bicyclic) bond motifs is 1. The van der Waals surface area contributed by atoms with Crippen molar-refractivity contribution in [2.45, 2.75) is 45.7 Å². The lowest BCUT2D eigenvalue weighted by Gasteiger charge is -2.24. The number of rotatable bonds is 9. The van der Waals surface area contributed by atoms with Gasteiger partial charge in [0.25, 0.3) is 0 Å². The van der Waals surface area contributed by atoms with Crippen LogP contribution in [-0.2, 0) is 16.1 Å². The molecular weight excluding hydrogens is 346 g/mol. The first-order valence-electron chi connectivity index (χ1n) is 9.80. The number of hydrogen-bond donors (Lipinski definition) is 1.